The Morgan fingerprint density at radius 3 is 1.64 bits per heavy atom. The number of pyridine rings is 1. The zero-order valence-electron chi connectivity index (χ0n) is 27.2. The van der Waals surface area contributed by atoms with Crippen molar-refractivity contribution >= 4 is 39.0 Å². The summed E-state index contributed by atoms with van der Waals surface area (Å²) in [7, 11) is 3.43. The number of unbranched alkanes of at least 4 members (excludes halogenated alkanes) is 6. The molecule has 4 nitrogen and oxygen atoms in total. The molecule has 236 valence electrons. The Morgan fingerprint density at radius 1 is 0.600 bits per heavy atom. The molecule has 2 aromatic carbocycles. The van der Waals surface area contributed by atoms with E-state index in [9.17, 15) is 0 Å². The second-order valence-electron chi connectivity index (χ2n) is 11.5. The number of anilines is 3. The molecule has 0 unspecified atom stereocenters. The smallest absolute Gasteiger partial charge is 0.119 e. The van der Waals surface area contributed by atoms with E-state index in [1.807, 2.05) is 59.3 Å². The van der Waals surface area contributed by atoms with Gasteiger partial charge >= 0.3 is 0 Å². The van der Waals surface area contributed by atoms with E-state index in [2.05, 4.69) is 72.3 Å². The highest BCUT2D eigenvalue weighted by Crippen LogP contribution is 2.48. The molecule has 0 N–H and O–H groups in total. The highest BCUT2D eigenvalue weighted by molar-refractivity contribution is 7.25. The van der Waals surface area contributed by atoms with Gasteiger partial charge in [0.15, 0.2) is 0 Å². The Kier molecular flexibility index (Phi) is 12.1. The van der Waals surface area contributed by atoms with Crippen LogP contribution in [0.15, 0.2) is 85.2 Å². The lowest BCUT2D eigenvalue weighted by molar-refractivity contribution is 0.415. The largest absolute Gasteiger partial charge is 0.497 e. The Balaban J connectivity index is 1.60. The fourth-order valence-corrected chi connectivity index (χ4v) is 8.35. The van der Waals surface area contributed by atoms with E-state index in [-0.39, 0.29) is 0 Å². The van der Waals surface area contributed by atoms with Crippen molar-refractivity contribution < 1.29 is 9.47 Å². The minimum absolute atomic E-state index is 0.852. The third kappa shape index (κ3) is 8.36. The molecule has 0 saturated heterocycles. The normalized spacial score (nSPS) is 11.1. The van der Waals surface area contributed by atoms with Gasteiger partial charge in [0.25, 0.3) is 0 Å². The van der Waals surface area contributed by atoms with Gasteiger partial charge in [0, 0.05) is 38.4 Å². The lowest BCUT2D eigenvalue weighted by Crippen LogP contribution is -2.08. The summed E-state index contributed by atoms with van der Waals surface area (Å²) in [6.07, 6.45) is 16.1. The van der Waals surface area contributed by atoms with Gasteiger partial charge in [-0.1, -0.05) is 52.4 Å². The summed E-state index contributed by atoms with van der Waals surface area (Å²) in [6, 6.07) is 26.0. The van der Waals surface area contributed by atoms with Crippen molar-refractivity contribution in [2.45, 2.75) is 78.1 Å². The highest BCUT2D eigenvalue weighted by Gasteiger charge is 2.22. The number of nitrogens with zero attached hydrogens (tertiary/aromatic N) is 2. The van der Waals surface area contributed by atoms with Crippen molar-refractivity contribution in [3.05, 3.63) is 96.3 Å². The maximum Gasteiger partial charge on any atom is 0.119 e. The maximum atomic E-state index is 5.49. The van der Waals surface area contributed by atoms with Crippen LogP contribution < -0.4 is 14.4 Å². The van der Waals surface area contributed by atoms with Crippen LogP contribution in [0.2, 0.25) is 0 Å². The molecule has 0 aliphatic heterocycles. The van der Waals surface area contributed by atoms with Gasteiger partial charge in [-0.05, 0) is 115 Å². The monoisotopic (exact) mass is 638 g/mol. The van der Waals surface area contributed by atoms with Gasteiger partial charge < -0.3 is 14.4 Å². The Labute approximate surface area is 277 Å². The fourth-order valence-electron chi connectivity index (χ4n) is 5.74. The number of ether oxygens (including phenoxy) is 2. The lowest BCUT2D eigenvalue weighted by Gasteiger charge is -2.24. The van der Waals surface area contributed by atoms with Gasteiger partial charge in [-0.15, -0.1) is 22.7 Å². The lowest BCUT2D eigenvalue weighted by atomic mass is 10.0. The highest BCUT2D eigenvalue weighted by atomic mass is 32.1. The third-order valence-corrected chi connectivity index (χ3v) is 10.8. The van der Waals surface area contributed by atoms with Gasteiger partial charge in [0.1, 0.15) is 16.5 Å². The summed E-state index contributed by atoms with van der Waals surface area (Å²) in [5.74, 6) is 1.70. The predicted molar refractivity (Wildman–Crippen MR) is 194 cm³/mol. The molecule has 0 aliphatic rings. The maximum absolute atomic E-state index is 5.49. The second kappa shape index (κ2) is 16.6. The average Bonchev–Trinajstić information content (AvgIpc) is 3.71. The van der Waals surface area contributed by atoms with Crippen LogP contribution in [0.4, 0.5) is 16.4 Å². The van der Waals surface area contributed by atoms with Crippen LogP contribution in [0.5, 0.6) is 11.5 Å². The molecule has 0 spiro atoms. The molecule has 0 fully saturated rings. The molecule has 6 heteroatoms. The van der Waals surface area contributed by atoms with Gasteiger partial charge in [-0.25, -0.2) is 0 Å². The summed E-state index contributed by atoms with van der Waals surface area (Å²) in [5, 5.41) is 1.22. The first-order valence-corrected chi connectivity index (χ1v) is 18.0. The molecule has 3 heterocycles. The van der Waals surface area contributed by atoms with Crippen LogP contribution in [0.25, 0.3) is 20.2 Å². The number of methoxy groups -OCH3 is 2. The molecular weight excluding hydrogens is 593 g/mol. The fraction of sp³-hybridized carbons (Fsp3) is 0.359. The molecule has 0 amide bonds. The van der Waals surface area contributed by atoms with E-state index in [0.29, 0.717) is 0 Å². The van der Waals surface area contributed by atoms with E-state index in [4.69, 9.17) is 9.47 Å². The van der Waals surface area contributed by atoms with Crippen LogP contribution >= 0.6 is 22.7 Å². The zero-order chi connectivity index (χ0) is 31.4. The van der Waals surface area contributed by atoms with Crippen LogP contribution in [0.1, 0.15) is 76.3 Å². The summed E-state index contributed by atoms with van der Waals surface area (Å²) < 4.78 is 11.0. The van der Waals surface area contributed by atoms with Crippen molar-refractivity contribution in [1.82, 2.24) is 4.98 Å². The minimum atomic E-state index is 0.852. The molecule has 0 radical (unpaired) electrons. The van der Waals surface area contributed by atoms with Gasteiger partial charge in [-0.2, -0.15) is 0 Å². The quantitative estimate of drug-likeness (QED) is 0.0949. The van der Waals surface area contributed by atoms with Crippen molar-refractivity contribution in [1.29, 1.82) is 0 Å². The minimum Gasteiger partial charge on any atom is -0.497 e. The zero-order valence-corrected chi connectivity index (χ0v) is 28.8. The third-order valence-electron chi connectivity index (χ3n) is 8.25. The van der Waals surface area contributed by atoms with E-state index in [1.54, 1.807) is 14.2 Å². The van der Waals surface area contributed by atoms with Crippen molar-refractivity contribution in [2.75, 3.05) is 19.1 Å². The topological polar surface area (TPSA) is 34.6 Å². The van der Waals surface area contributed by atoms with Crippen molar-refractivity contribution in [2.24, 2.45) is 0 Å². The molecular formula is C39H46N2O2S2. The Morgan fingerprint density at radius 2 is 1.13 bits per heavy atom. The molecule has 0 saturated carbocycles. The summed E-state index contributed by atoms with van der Waals surface area (Å²) in [5.41, 5.74) is 6.38. The molecule has 45 heavy (non-hydrogen) atoms. The molecule has 5 aromatic rings. The van der Waals surface area contributed by atoms with Crippen LogP contribution in [0.3, 0.4) is 0 Å². The van der Waals surface area contributed by atoms with Crippen LogP contribution in [-0.4, -0.2) is 19.2 Å². The number of thiophene rings is 2. The molecule has 5 rings (SSSR count). The SMILES string of the molecule is CCCCCCc1cc(-c2sc(N(c3ccc(OC)cc3)c3ccc(OC)cc3)cc2CCCCCC)sc1-c1ccncc1. The summed E-state index contributed by atoms with van der Waals surface area (Å²) in [6.45, 7) is 4.56. The van der Waals surface area contributed by atoms with Crippen molar-refractivity contribution in [3.8, 4) is 31.7 Å². The number of benzene rings is 2. The number of rotatable bonds is 17. The average molecular weight is 639 g/mol. The van der Waals surface area contributed by atoms with Gasteiger partial charge in [-0.3, -0.25) is 4.98 Å². The van der Waals surface area contributed by atoms with E-state index < -0.39 is 0 Å². The summed E-state index contributed by atoms with van der Waals surface area (Å²) in [4.78, 5) is 10.8. The van der Waals surface area contributed by atoms with Crippen molar-refractivity contribution in [3.63, 3.8) is 0 Å². The van der Waals surface area contributed by atoms with Crippen LogP contribution in [0, 0.1) is 0 Å². The standard InChI is InChI=1S/C39H46N2O2S2/c1-5-7-9-11-13-30-27-36(44-38(30)29-23-25-40-26-24-29)39-31(14-12-10-8-6-2)28-37(45-39)41(32-15-19-34(42-3)20-16-32)33-17-21-35(43-4)22-18-33/h15-28H,5-14H2,1-4H3. The first kappa shape index (κ1) is 32.8. The van der Waals surface area contributed by atoms with Gasteiger partial charge in [0.05, 0.1) is 14.2 Å². The summed E-state index contributed by atoms with van der Waals surface area (Å²) >= 11 is 3.85. The van der Waals surface area contributed by atoms with Crippen LogP contribution in [-0.2, 0) is 12.8 Å². The van der Waals surface area contributed by atoms with E-state index in [1.165, 1.54) is 87.7 Å². The first-order chi connectivity index (χ1) is 22.1. The Hall–Kier alpha value is -3.61. The number of aromatic nitrogens is 1. The van der Waals surface area contributed by atoms with Gasteiger partial charge in [0.2, 0.25) is 0 Å². The van der Waals surface area contributed by atoms with E-state index >= 15 is 0 Å². The first-order valence-electron chi connectivity index (χ1n) is 16.4. The molecule has 3 aromatic heterocycles. The molecule has 0 atom stereocenters. The molecule has 0 bridgehead atoms. The number of hydrogen-bond acceptors (Lipinski definition) is 6. The van der Waals surface area contributed by atoms with E-state index in [0.717, 1.165) is 35.7 Å². The Bertz CT molecular complexity index is 1540. The molecule has 0 aliphatic carbocycles. The number of hydrogen-bond donors (Lipinski definition) is 0. The predicted octanol–water partition coefficient (Wildman–Crippen LogP) is 12.3. The second-order valence-corrected chi connectivity index (χ2v) is 13.6. The number of aryl methyl sites for hydroxylation is 2.